The van der Waals surface area contributed by atoms with Gasteiger partial charge in [-0.3, -0.25) is 0 Å². The number of nitrogens with one attached hydrogen (secondary N) is 1. The highest BCUT2D eigenvalue weighted by atomic mass is 32.2. The summed E-state index contributed by atoms with van der Waals surface area (Å²) < 4.78 is 1.95. The lowest BCUT2D eigenvalue weighted by atomic mass is 10.1. The Morgan fingerprint density at radius 1 is 1.50 bits per heavy atom. The lowest BCUT2D eigenvalue weighted by molar-refractivity contribution is 0.474. The lowest BCUT2D eigenvalue weighted by Crippen LogP contribution is -2.26. The third-order valence-corrected chi connectivity index (χ3v) is 5.32. The summed E-state index contributed by atoms with van der Waals surface area (Å²) in [6.07, 6.45) is 3.34. The average molecular weight is 290 g/mol. The minimum absolute atomic E-state index is 0.321. The summed E-state index contributed by atoms with van der Waals surface area (Å²) in [5.74, 6) is 3.44. The van der Waals surface area contributed by atoms with E-state index in [0.717, 1.165) is 23.8 Å². The van der Waals surface area contributed by atoms with Crippen molar-refractivity contribution in [1.82, 2.24) is 19.9 Å². The zero-order chi connectivity index (χ0) is 14.1. The third kappa shape index (κ3) is 2.69. The Bertz CT molecular complexity index is 601. The normalized spacial score (nSPS) is 20.6. The molecule has 0 aliphatic carbocycles. The highest BCUT2D eigenvalue weighted by molar-refractivity contribution is 7.99. The van der Waals surface area contributed by atoms with Crippen molar-refractivity contribution in [1.29, 1.82) is 0 Å². The van der Waals surface area contributed by atoms with E-state index in [9.17, 15) is 0 Å². The molecule has 1 aliphatic rings. The average Bonchev–Trinajstić information content (AvgIpc) is 3.05. The zero-order valence-electron chi connectivity index (χ0n) is 12.4. The second kappa shape index (κ2) is 5.74. The molecule has 0 radical (unpaired) electrons. The van der Waals surface area contributed by atoms with Gasteiger partial charge in [0, 0.05) is 29.6 Å². The Morgan fingerprint density at radius 3 is 3.10 bits per heavy atom. The molecule has 1 aliphatic heterocycles. The highest BCUT2D eigenvalue weighted by Gasteiger charge is 2.18. The van der Waals surface area contributed by atoms with Crippen molar-refractivity contribution in [2.75, 3.05) is 18.1 Å². The predicted octanol–water partition coefficient (Wildman–Crippen LogP) is 2.75. The van der Waals surface area contributed by atoms with Crippen LogP contribution in [0.3, 0.4) is 0 Å². The molecule has 0 spiro atoms. The van der Waals surface area contributed by atoms with Crippen LogP contribution < -0.4 is 5.32 Å². The van der Waals surface area contributed by atoms with Gasteiger partial charge in [-0.05, 0) is 51.2 Å². The van der Waals surface area contributed by atoms with Gasteiger partial charge in [0.15, 0.2) is 5.65 Å². The zero-order valence-corrected chi connectivity index (χ0v) is 13.2. The summed E-state index contributed by atoms with van der Waals surface area (Å²) in [7, 11) is 0. The molecule has 3 heterocycles. The van der Waals surface area contributed by atoms with Crippen molar-refractivity contribution in [3.8, 4) is 0 Å². The van der Waals surface area contributed by atoms with Crippen molar-refractivity contribution >= 4 is 17.4 Å². The van der Waals surface area contributed by atoms with E-state index >= 15 is 0 Å². The van der Waals surface area contributed by atoms with Gasteiger partial charge in [0.25, 0.3) is 0 Å². The number of thioether (sulfide) groups is 1. The number of aryl methyl sites for hydroxylation is 2. The molecule has 0 bridgehead atoms. The van der Waals surface area contributed by atoms with Gasteiger partial charge in [-0.15, -0.1) is 0 Å². The van der Waals surface area contributed by atoms with Crippen LogP contribution in [0.4, 0.5) is 0 Å². The van der Waals surface area contributed by atoms with Crippen molar-refractivity contribution in [3.05, 3.63) is 29.2 Å². The van der Waals surface area contributed by atoms with Gasteiger partial charge in [0.1, 0.15) is 0 Å². The number of fused-ring (bicyclic) bond motifs is 1. The fraction of sp³-hybridized carbons (Fsp3) is 0.600. The number of nitrogens with zero attached hydrogens (tertiary/aromatic N) is 3. The standard InChI is InChI=1S/C15H22N4S/c1-10-6-15-17-8-14(12(3)19(15)18-10)11(2)16-7-13-4-5-20-9-13/h6,8,11,13,16H,4-5,7,9H2,1-3H3. The maximum absolute atomic E-state index is 4.52. The highest BCUT2D eigenvalue weighted by Crippen LogP contribution is 2.24. The minimum Gasteiger partial charge on any atom is -0.310 e. The van der Waals surface area contributed by atoms with Crippen LogP contribution in [0.2, 0.25) is 0 Å². The summed E-state index contributed by atoms with van der Waals surface area (Å²) >= 11 is 2.07. The van der Waals surface area contributed by atoms with Crippen LogP contribution in [-0.4, -0.2) is 32.6 Å². The number of aromatic nitrogens is 3. The molecule has 1 saturated heterocycles. The number of hydrogen-bond donors (Lipinski definition) is 1. The number of rotatable bonds is 4. The summed E-state index contributed by atoms with van der Waals surface area (Å²) in [6.45, 7) is 7.45. The Kier molecular flexibility index (Phi) is 3.98. The van der Waals surface area contributed by atoms with E-state index in [0.29, 0.717) is 6.04 Å². The fourth-order valence-corrected chi connectivity index (χ4v) is 4.08. The van der Waals surface area contributed by atoms with Gasteiger partial charge in [0.2, 0.25) is 0 Å². The Balaban J connectivity index is 1.76. The summed E-state index contributed by atoms with van der Waals surface area (Å²) in [6, 6.07) is 2.34. The molecule has 1 fully saturated rings. The predicted molar refractivity (Wildman–Crippen MR) is 84.3 cm³/mol. The molecule has 3 rings (SSSR count). The molecule has 0 saturated carbocycles. The molecule has 20 heavy (non-hydrogen) atoms. The molecule has 2 unspecified atom stereocenters. The monoisotopic (exact) mass is 290 g/mol. The second-order valence-electron chi connectivity index (χ2n) is 5.71. The first-order valence-corrected chi connectivity index (χ1v) is 8.43. The SMILES string of the molecule is Cc1cc2ncc(C(C)NCC3CCSC3)c(C)n2n1. The first-order valence-electron chi connectivity index (χ1n) is 7.28. The first kappa shape index (κ1) is 13.9. The van der Waals surface area contributed by atoms with Crippen molar-refractivity contribution in [2.45, 2.75) is 33.2 Å². The van der Waals surface area contributed by atoms with Gasteiger partial charge in [-0.2, -0.15) is 16.9 Å². The molecular formula is C15H22N4S. The Hall–Kier alpha value is -1.07. The molecule has 4 nitrogen and oxygen atoms in total. The van der Waals surface area contributed by atoms with E-state index in [2.05, 4.69) is 41.0 Å². The molecule has 2 aromatic heterocycles. The Labute approximate surface area is 124 Å². The minimum atomic E-state index is 0.321. The fourth-order valence-electron chi connectivity index (χ4n) is 2.80. The molecular weight excluding hydrogens is 268 g/mol. The van der Waals surface area contributed by atoms with Crippen molar-refractivity contribution in [3.63, 3.8) is 0 Å². The molecule has 2 aromatic rings. The van der Waals surface area contributed by atoms with Crippen molar-refractivity contribution in [2.24, 2.45) is 5.92 Å². The van der Waals surface area contributed by atoms with Crippen LogP contribution in [0.5, 0.6) is 0 Å². The van der Waals surface area contributed by atoms with Gasteiger partial charge in [0.05, 0.1) is 5.69 Å². The van der Waals surface area contributed by atoms with Crippen LogP contribution in [0.25, 0.3) is 5.65 Å². The van der Waals surface area contributed by atoms with Crippen LogP contribution in [0.1, 0.15) is 36.3 Å². The molecule has 2 atom stereocenters. The summed E-state index contributed by atoms with van der Waals surface area (Å²) in [5, 5.41) is 8.18. The topological polar surface area (TPSA) is 42.2 Å². The van der Waals surface area contributed by atoms with Crippen LogP contribution >= 0.6 is 11.8 Å². The summed E-state index contributed by atoms with van der Waals surface area (Å²) in [4.78, 5) is 4.52. The lowest BCUT2D eigenvalue weighted by Gasteiger charge is -2.18. The molecule has 0 aromatic carbocycles. The van der Waals surface area contributed by atoms with Crippen LogP contribution in [0, 0.1) is 19.8 Å². The van der Waals surface area contributed by atoms with E-state index in [1.165, 1.54) is 29.2 Å². The largest absolute Gasteiger partial charge is 0.310 e. The van der Waals surface area contributed by atoms with E-state index in [4.69, 9.17) is 0 Å². The van der Waals surface area contributed by atoms with Gasteiger partial charge in [-0.25, -0.2) is 9.50 Å². The van der Waals surface area contributed by atoms with Gasteiger partial charge in [-0.1, -0.05) is 0 Å². The maximum atomic E-state index is 4.52. The smallest absolute Gasteiger partial charge is 0.155 e. The summed E-state index contributed by atoms with van der Waals surface area (Å²) in [5.41, 5.74) is 4.37. The first-order chi connectivity index (χ1) is 9.65. The van der Waals surface area contributed by atoms with Crippen LogP contribution in [0.15, 0.2) is 12.3 Å². The second-order valence-corrected chi connectivity index (χ2v) is 6.86. The van der Waals surface area contributed by atoms with E-state index in [-0.39, 0.29) is 0 Å². The van der Waals surface area contributed by atoms with Gasteiger partial charge >= 0.3 is 0 Å². The molecule has 1 N–H and O–H groups in total. The third-order valence-electron chi connectivity index (χ3n) is 4.09. The maximum Gasteiger partial charge on any atom is 0.155 e. The number of hydrogen-bond acceptors (Lipinski definition) is 4. The van der Waals surface area contributed by atoms with Gasteiger partial charge < -0.3 is 5.32 Å². The Morgan fingerprint density at radius 2 is 2.35 bits per heavy atom. The quantitative estimate of drug-likeness (QED) is 0.940. The molecule has 108 valence electrons. The molecule has 0 amide bonds. The van der Waals surface area contributed by atoms with E-state index in [1.54, 1.807) is 0 Å². The van der Waals surface area contributed by atoms with Crippen molar-refractivity contribution < 1.29 is 0 Å². The molecule has 5 heteroatoms. The van der Waals surface area contributed by atoms with Crippen LogP contribution in [-0.2, 0) is 0 Å². The van der Waals surface area contributed by atoms with E-state index in [1.807, 2.05) is 23.7 Å². The van der Waals surface area contributed by atoms with E-state index < -0.39 is 0 Å².